The van der Waals surface area contributed by atoms with Crippen LogP contribution >= 0.6 is 0 Å². The Balaban J connectivity index is 1.60. The van der Waals surface area contributed by atoms with E-state index in [4.69, 9.17) is 18.9 Å². The van der Waals surface area contributed by atoms with Crippen molar-refractivity contribution in [3.05, 3.63) is 0 Å². The summed E-state index contributed by atoms with van der Waals surface area (Å²) in [6, 6.07) is -0.152. The number of rotatable bonds is 2. The third-order valence-electron chi connectivity index (χ3n) is 4.73. The van der Waals surface area contributed by atoms with E-state index in [1.165, 1.54) is 0 Å². The highest BCUT2D eigenvalue weighted by Gasteiger charge is 2.40. The van der Waals surface area contributed by atoms with E-state index in [9.17, 15) is 9.59 Å². The zero-order valence-electron chi connectivity index (χ0n) is 14.3. The van der Waals surface area contributed by atoms with E-state index < -0.39 is 12.2 Å². The monoisotopic (exact) mass is 342 g/mol. The summed E-state index contributed by atoms with van der Waals surface area (Å²) in [5.74, 6) is -0.114. The Morgan fingerprint density at radius 1 is 0.750 bits per heavy atom. The number of hydrogen-bond acceptors (Lipinski definition) is 6. The van der Waals surface area contributed by atoms with Crippen molar-refractivity contribution in [2.24, 2.45) is 0 Å². The first kappa shape index (κ1) is 17.6. The minimum absolute atomic E-state index is 0.0570. The molecule has 3 saturated heterocycles. The topological polar surface area (TPSA) is 77.5 Å². The van der Waals surface area contributed by atoms with E-state index in [0.29, 0.717) is 52.7 Å². The molecule has 0 bridgehead atoms. The van der Waals surface area contributed by atoms with E-state index in [2.05, 4.69) is 0 Å². The SMILES string of the molecule is C[C@@H]1CN(C(=O)[C@@H]2COCCO2)[C@H](C)CN1C(=O)[C@@H]1COCCO1. The quantitative estimate of drug-likeness (QED) is 0.658. The summed E-state index contributed by atoms with van der Waals surface area (Å²) in [5, 5.41) is 0. The summed E-state index contributed by atoms with van der Waals surface area (Å²) in [6.07, 6.45) is -1.07. The number of carbonyl (C=O) groups is 2. The van der Waals surface area contributed by atoms with Crippen LogP contribution in [-0.4, -0.2) is 98.6 Å². The Bertz CT molecular complexity index is 419. The van der Waals surface area contributed by atoms with Gasteiger partial charge in [-0.3, -0.25) is 9.59 Å². The molecular weight excluding hydrogens is 316 g/mol. The van der Waals surface area contributed by atoms with Gasteiger partial charge in [-0.05, 0) is 13.8 Å². The first-order valence-corrected chi connectivity index (χ1v) is 8.57. The molecule has 2 amide bonds. The molecule has 4 atom stereocenters. The molecule has 0 N–H and O–H groups in total. The summed E-state index contributed by atoms with van der Waals surface area (Å²) < 4.78 is 21.7. The molecule has 0 aromatic heterocycles. The van der Waals surface area contributed by atoms with E-state index in [0.717, 1.165) is 0 Å². The third kappa shape index (κ3) is 3.72. The standard InChI is InChI=1S/C16H26N2O6/c1-11-7-18(16(20)14-10-22-4-6-24-14)12(2)8-17(11)15(19)13-9-21-3-5-23-13/h11-14H,3-10H2,1-2H3/t11-,12-,13+,14+/m1/s1. The Morgan fingerprint density at radius 2 is 1.17 bits per heavy atom. The van der Waals surface area contributed by atoms with Crippen LogP contribution in [-0.2, 0) is 28.5 Å². The molecule has 0 aromatic carbocycles. The molecule has 3 heterocycles. The van der Waals surface area contributed by atoms with Gasteiger partial charge in [0.15, 0.2) is 12.2 Å². The maximum absolute atomic E-state index is 12.7. The van der Waals surface area contributed by atoms with Crippen LogP contribution in [0.3, 0.4) is 0 Å². The second-order valence-electron chi connectivity index (χ2n) is 6.55. The molecule has 0 radical (unpaired) electrons. The smallest absolute Gasteiger partial charge is 0.254 e. The largest absolute Gasteiger partial charge is 0.376 e. The summed E-state index contributed by atoms with van der Waals surface area (Å²) in [7, 11) is 0. The van der Waals surface area contributed by atoms with Gasteiger partial charge in [-0.25, -0.2) is 0 Å². The van der Waals surface area contributed by atoms with Gasteiger partial charge >= 0.3 is 0 Å². The van der Waals surface area contributed by atoms with Gasteiger partial charge in [0.2, 0.25) is 0 Å². The molecule has 3 rings (SSSR count). The van der Waals surface area contributed by atoms with Gasteiger partial charge in [-0.1, -0.05) is 0 Å². The molecule has 136 valence electrons. The van der Waals surface area contributed by atoms with Crippen LogP contribution in [0.1, 0.15) is 13.8 Å². The molecule has 3 aliphatic heterocycles. The zero-order valence-corrected chi connectivity index (χ0v) is 14.3. The lowest BCUT2D eigenvalue weighted by atomic mass is 10.1. The van der Waals surface area contributed by atoms with Crippen molar-refractivity contribution in [1.82, 2.24) is 9.80 Å². The molecule has 8 nitrogen and oxygen atoms in total. The van der Waals surface area contributed by atoms with Gasteiger partial charge in [0.25, 0.3) is 11.8 Å². The van der Waals surface area contributed by atoms with Crippen LogP contribution in [0.25, 0.3) is 0 Å². The van der Waals surface area contributed by atoms with E-state index in [1.54, 1.807) is 9.80 Å². The molecule has 0 aromatic rings. The average Bonchev–Trinajstić information content (AvgIpc) is 2.63. The molecule has 3 fully saturated rings. The Hall–Kier alpha value is -1.22. The van der Waals surface area contributed by atoms with Gasteiger partial charge in [0.05, 0.1) is 39.6 Å². The number of piperazine rings is 1. The van der Waals surface area contributed by atoms with Crippen molar-refractivity contribution in [3.63, 3.8) is 0 Å². The van der Waals surface area contributed by atoms with Crippen LogP contribution in [0.4, 0.5) is 0 Å². The highest BCUT2D eigenvalue weighted by Crippen LogP contribution is 2.20. The molecule has 24 heavy (non-hydrogen) atoms. The molecular formula is C16H26N2O6. The summed E-state index contributed by atoms with van der Waals surface area (Å²) in [6.45, 7) is 7.41. The van der Waals surface area contributed by atoms with Crippen LogP contribution in [0.15, 0.2) is 0 Å². The average molecular weight is 342 g/mol. The molecule has 0 spiro atoms. The fraction of sp³-hybridized carbons (Fsp3) is 0.875. The lowest BCUT2D eigenvalue weighted by Gasteiger charge is -2.46. The van der Waals surface area contributed by atoms with Gasteiger partial charge in [0, 0.05) is 25.2 Å². The molecule has 0 unspecified atom stereocenters. The number of nitrogens with zero attached hydrogens (tertiary/aromatic N) is 2. The Kier molecular flexibility index (Phi) is 5.70. The number of amides is 2. The van der Waals surface area contributed by atoms with Crippen molar-refractivity contribution >= 4 is 11.8 Å². The van der Waals surface area contributed by atoms with Crippen LogP contribution < -0.4 is 0 Å². The molecule has 0 aliphatic carbocycles. The second-order valence-corrected chi connectivity index (χ2v) is 6.55. The summed E-state index contributed by atoms with van der Waals surface area (Å²) in [4.78, 5) is 28.9. The van der Waals surface area contributed by atoms with Crippen molar-refractivity contribution in [3.8, 4) is 0 Å². The zero-order chi connectivity index (χ0) is 17.1. The molecule has 0 saturated carbocycles. The Labute approximate surface area is 141 Å². The van der Waals surface area contributed by atoms with Gasteiger partial charge in [-0.2, -0.15) is 0 Å². The predicted molar refractivity (Wildman–Crippen MR) is 83.5 cm³/mol. The summed E-state index contributed by atoms with van der Waals surface area (Å²) >= 11 is 0. The highest BCUT2D eigenvalue weighted by molar-refractivity contribution is 5.84. The van der Waals surface area contributed by atoms with Crippen molar-refractivity contribution in [1.29, 1.82) is 0 Å². The van der Waals surface area contributed by atoms with Crippen LogP contribution in [0.5, 0.6) is 0 Å². The Morgan fingerprint density at radius 3 is 1.50 bits per heavy atom. The fourth-order valence-corrected chi connectivity index (χ4v) is 3.37. The number of carbonyl (C=O) groups excluding carboxylic acids is 2. The van der Waals surface area contributed by atoms with Gasteiger partial charge < -0.3 is 28.7 Å². The van der Waals surface area contributed by atoms with Crippen LogP contribution in [0.2, 0.25) is 0 Å². The molecule has 8 heteroatoms. The van der Waals surface area contributed by atoms with Crippen molar-refractivity contribution in [2.45, 2.75) is 38.1 Å². The van der Waals surface area contributed by atoms with E-state index in [-0.39, 0.29) is 23.9 Å². The first-order chi connectivity index (χ1) is 11.6. The molecule has 3 aliphatic rings. The predicted octanol–water partition coefficient (Wildman–Crippen LogP) is -0.735. The van der Waals surface area contributed by atoms with Crippen LogP contribution in [0, 0.1) is 0 Å². The second kappa shape index (κ2) is 7.77. The van der Waals surface area contributed by atoms with E-state index >= 15 is 0 Å². The van der Waals surface area contributed by atoms with Gasteiger partial charge in [0.1, 0.15) is 0 Å². The first-order valence-electron chi connectivity index (χ1n) is 8.57. The number of ether oxygens (including phenoxy) is 4. The summed E-state index contributed by atoms with van der Waals surface area (Å²) in [5.41, 5.74) is 0. The number of hydrogen-bond donors (Lipinski definition) is 0. The lowest BCUT2D eigenvalue weighted by molar-refractivity contribution is -0.171. The van der Waals surface area contributed by atoms with Crippen molar-refractivity contribution in [2.75, 3.05) is 52.7 Å². The lowest BCUT2D eigenvalue weighted by Crippen LogP contribution is -2.63. The normalized spacial score (nSPS) is 34.9. The van der Waals surface area contributed by atoms with E-state index in [1.807, 2.05) is 13.8 Å². The maximum Gasteiger partial charge on any atom is 0.254 e. The minimum atomic E-state index is -0.536. The third-order valence-corrected chi connectivity index (χ3v) is 4.73. The van der Waals surface area contributed by atoms with Gasteiger partial charge in [-0.15, -0.1) is 0 Å². The maximum atomic E-state index is 12.7. The fourth-order valence-electron chi connectivity index (χ4n) is 3.37. The highest BCUT2D eigenvalue weighted by atomic mass is 16.6. The minimum Gasteiger partial charge on any atom is -0.376 e. The van der Waals surface area contributed by atoms with Crippen molar-refractivity contribution < 1.29 is 28.5 Å².